The molecule has 120 valence electrons. The third kappa shape index (κ3) is 6.13. The number of hydrogen-bond donors (Lipinski definition) is 1. The van der Waals surface area contributed by atoms with Crippen LogP contribution in [-0.4, -0.2) is 30.1 Å². The van der Waals surface area contributed by atoms with Gasteiger partial charge in [-0.05, 0) is 31.7 Å². The molecule has 1 heterocycles. The van der Waals surface area contributed by atoms with Gasteiger partial charge in [-0.15, -0.1) is 0 Å². The molecule has 0 aromatic rings. The van der Waals surface area contributed by atoms with Crippen LogP contribution in [-0.2, 0) is 0 Å². The number of hydrogen-bond acceptors (Lipinski definition) is 2. The maximum Gasteiger partial charge on any atom is 0.0221 e. The van der Waals surface area contributed by atoms with Gasteiger partial charge in [0.05, 0.1) is 0 Å². The fraction of sp³-hybridized carbons (Fsp3) is 1.00. The van der Waals surface area contributed by atoms with Gasteiger partial charge in [-0.2, -0.15) is 0 Å². The van der Waals surface area contributed by atoms with E-state index in [1.54, 1.807) is 0 Å². The second kappa shape index (κ2) is 10.6. The third-order valence-corrected chi connectivity index (χ3v) is 4.99. The van der Waals surface area contributed by atoms with E-state index >= 15 is 0 Å². The van der Waals surface area contributed by atoms with Crippen molar-refractivity contribution < 1.29 is 0 Å². The highest BCUT2D eigenvalue weighted by Gasteiger charge is 2.31. The van der Waals surface area contributed by atoms with Gasteiger partial charge in [0.25, 0.3) is 0 Å². The maximum absolute atomic E-state index is 6.05. The van der Waals surface area contributed by atoms with Gasteiger partial charge in [0.1, 0.15) is 0 Å². The van der Waals surface area contributed by atoms with Crippen LogP contribution in [0.3, 0.4) is 0 Å². The van der Waals surface area contributed by atoms with Crippen LogP contribution in [0.25, 0.3) is 0 Å². The van der Waals surface area contributed by atoms with Crippen LogP contribution in [0, 0.1) is 5.92 Å². The van der Waals surface area contributed by atoms with Gasteiger partial charge in [0, 0.05) is 18.6 Å². The highest BCUT2D eigenvalue weighted by Crippen LogP contribution is 2.27. The Morgan fingerprint density at radius 1 is 1.05 bits per heavy atom. The first-order chi connectivity index (χ1) is 9.70. The number of rotatable bonds is 11. The van der Waals surface area contributed by atoms with Crippen LogP contribution in [0.2, 0.25) is 0 Å². The molecular weight excluding hydrogens is 244 g/mol. The summed E-state index contributed by atoms with van der Waals surface area (Å²) in [5, 5.41) is 0. The summed E-state index contributed by atoms with van der Waals surface area (Å²) in [5.41, 5.74) is 6.05. The van der Waals surface area contributed by atoms with Crippen LogP contribution in [0.1, 0.15) is 85.0 Å². The molecule has 0 aromatic heterocycles. The first-order valence-electron chi connectivity index (χ1n) is 9.16. The molecule has 0 radical (unpaired) electrons. The van der Waals surface area contributed by atoms with Crippen molar-refractivity contribution in [1.29, 1.82) is 0 Å². The normalized spacial score (nSPS) is 21.8. The third-order valence-electron chi connectivity index (χ3n) is 4.99. The molecular formula is C18H38N2. The lowest BCUT2D eigenvalue weighted by Gasteiger charge is -2.34. The average Bonchev–Trinajstić information content (AvgIpc) is 2.91. The fourth-order valence-corrected chi connectivity index (χ4v) is 3.74. The van der Waals surface area contributed by atoms with Crippen LogP contribution >= 0.6 is 0 Å². The van der Waals surface area contributed by atoms with E-state index in [1.807, 2.05) is 0 Å². The summed E-state index contributed by atoms with van der Waals surface area (Å²) in [6, 6.07) is 1.42. The minimum atomic E-state index is 0.639. The first kappa shape index (κ1) is 18.0. The van der Waals surface area contributed by atoms with Crippen molar-refractivity contribution in [2.24, 2.45) is 11.7 Å². The molecule has 1 aliphatic rings. The summed E-state index contributed by atoms with van der Waals surface area (Å²) in [4.78, 5) is 2.72. The van der Waals surface area contributed by atoms with Gasteiger partial charge < -0.3 is 5.73 Å². The van der Waals surface area contributed by atoms with E-state index in [0.29, 0.717) is 6.04 Å². The maximum atomic E-state index is 6.05. The Kier molecular flexibility index (Phi) is 9.54. The minimum absolute atomic E-state index is 0.639. The molecule has 1 saturated heterocycles. The fourth-order valence-electron chi connectivity index (χ4n) is 3.74. The SMILES string of the molecule is CCCCCCCCCC(CN)N1CCCC1C(C)C. The van der Waals surface area contributed by atoms with Crippen molar-refractivity contribution in [1.82, 2.24) is 4.90 Å². The van der Waals surface area contributed by atoms with Crippen LogP contribution in [0.5, 0.6) is 0 Å². The van der Waals surface area contributed by atoms with Gasteiger partial charge in [0.2, 0.25) is 0 Å². The number of likely N-dealkylation sites (tertiary alicyclic amines) is 1. The zero-order valence-electron chi connectivity index (χ0n) is 14.2. The second-order valence-electron chi connectivity index (χ2n) is 6.99. The highest BCUT2D eigenvalue weighted by molar-refractivity contribution is 4.87. The molecule has 0 saturated carbocycles. The summed E-state index contributed by atoms with van der Waals surface area (Å²) in [6.07, 6.45) is 13.9. The molecule has 2 heteroatoms. The molecule has 1 aliphatic heterocycles. The van der Waals surface area contributed by atoms with Gasteiger partial charge in [-0.1, -0.05) is 65.7 Å². The lowest BCUT2D eigenvalue weighted by molar-refractivity contribution is 0.140. The number of nitrogens with zero attached hydrogens (tertiary/aromatic N) is 1. The number of nitrogens with two attached hydrogens (primary N) is 1. The average molecular weight is 283 g/mol. The first-order valence-corrected chi connectivity index (χ1v) is 9.16. The molecule has 0 aromatic carbocycles. The quantitative estimate of drug-likeness (QED) is 0.562. The summed E-state index contributed by atoms with van der Waals surface area (Å²) < 4.78 is 0. The van der Waals surface area contributed by atoms with Gasteiger partial charge >= 0.3 is 0 Å². The second-order valence-corrected chi connectivity index (χ2v) is 6.99. The molecule has 1 fully saturated rings. The van der Waals surface area contributed by atoms with Gasteiger partial charge in [0.15, 0.2) is 0 Å². The largest absolute Gasteiger partial charge is 0.329 e. The predicted molar refractivity (Wildman–Crippen MR) is 90.0 cm³/mol. The molecule has 0 amide bonds. The molecule has 20 heavy (non-hydrogen) atoms. The molecule has 2 N–H and O–H groups in total. The van der Waals surface area contributed by atoms with Crippen molar-refractivity contribution in [2.45, 2.75) is 97.1 Å². The van der Waals surface area contributed by atoms with E-state index in [-0.39, 0.29) is 0 Å². The summed E-state index contributed by atoms with van der Waals surface area (Å²) in [5.74, 6) is 0.778. The van der Waals surface area contributed by atoms with Crippen molar-refractivity contribution >= 4 is 0 Å². The minimum Gasteiger partial charge on any atom is -0.329 e. The zero-order valence-corrected chi connectivity index (χ0v) is 14.2. The topological polar surface area (TPSA) is 29.3 Å². The lowest BCUT2D eigenvalue weighted by Crippen LogP contribution is -2.45. The van der Waals surface area contributed by atoms with Crippen molar-refractivity contribution in [3.8, 4) is 0 Å². The molecule has 0 aliphatic carbocycles. The van der Waals surface area contributed by atoms with E-state index in [4.69, 9.17) is 5.73 Å². The Morgan fingerprint density at radius 3 is 2.30 bits per heavy atom. The standard InChI is InChI=1S/C18H38N2/c1-4-5-6-7-8-9-10-12-17(15-19)20-14-11-13-18(20)16(2)3/h16-18H,4-15,19H2,1-3H3. The van der Waals surface area contributed by atoms with E-state index in [2.05, 4.69) is 25.7 Å². The molecule has 2 unspecified atom stereocenters. The summed E-state index contributed by atoms with van der Waals surface area (Å²) in [6.45, 7) is 9.14. The van der Waals surface area contributed by atoms with Crippen molar-refractivity contribution in [2.75, 3.05) is 13.1 Å². The van der Waals surface area contributed by atoms with Crippen LogP contribution in [0.15, 0.2) is 0 Å². The Balaban J connectivity index is 2.19. The lowest BCUT2D eigenvalue weighted by atomic mass is 9.98. The van der Waals surface area contributed by atoms with Gasteiger partial charge in [-0.25, -0.2) is 0 Å². The molecule has 0 bridgehead atoms. The Labute approximate surface area is 127 Å². The van der Waals surface area contributed by atoms with E-state index in [1.165, 1.54) is 70.8 Å². The Hall–Kier alpha value is -0.0800. The summed E-state index contributed by atoms with van der Waals surface area (Å²) in [7, 11) is 0. The van der Waals surface area contributed by atoms with Crippen molar-refractivity contribution in [3.63, 3.8) is 0 Å². The molecule has 2 nitrogen and oxygen atoms in total. The van der Waals surface area contributed by atoms with Crippen LogP contribution in [0.4, 0.5) is 0 Å². The van der Waals surface area contributed by atoms with Crippen molar-refractivity contribution in [3.05, 3.63) is 0 Å². The smallest absolute Gasteiger partial charge is 0.0221 e. The molecule has 0 spiro atoms. The molecule has 1 rings (SSSR count). The zero-order chi connectivity index (χ0) is 14.8. The highest BCUT2D eigenvalue weighted by atomic mass is 15.2. The molecule has 2 atom stereocenters. The Bertz CT molecular complexity index is 227. The van der Waals surface area contributed by atoms with Gasteiger partial charge in [-0.3, -0.25) is 4.90 Å². The summed E-state index contributed by atoms with van der Waals surface area (Å²) >= 11 is 0. The van der Waals surface area contributed by atoms with E-state index < -0.39 is 0 Å². The monoisotopic (exact) mass is 282 g/mol. The van der Waals surface area contributed by atoms with E-state index in [9.17, 15) is 0 Å². The predicted octanol–water partition coefficient (Wildman–Crippen LogP) is 4.57. The van der Waals surface area contributed by atoms with Crippen LogP contribution < -0.4 is 5.73 Å². The van der Waals surface area contributed by atoms with E-state index in [0.717, 1.165) is 18.5 Å². The number of unbranched alkanes of at least 4 members (excludes halogenated alkanes) is 6. The Morgan fingerprint density at radius 2 is 1.70 bits per heavy atom.